The number of nitrogens with one attached hydrogen (secondary N) is 1. The van der Waals surface area contributed by atoms with Crippen molar-refractivity contribution in [1.29, 1.82) is 0 Å². The Morgan fingerprint density at radius 3 is 3.00 bits per heavy atom. The Bertz CT molecular complexity index is 394. The Morgan fingerprint density at radius 2 is 2.18 bits per heavy atom. The molecule has 0 amide bonds. The zero-order valence-electron chi connectivity index (χ0n) is 5.24. The van der Waals surface area contributed by atoms with Gasteiger partial charge in [-0.3, -0.25) is 0 Å². The van der Waals surface area contributed by atoms with E-state index in [-0.39, 0.29) is 11.1 Å². The predicted molar refractivity (Wildman–Crippen MR) is 38.9 cm³/mol. The van der Waals surface area contributed by atoms with Gasteiger partial charge in [0.25, 0.3) is 0 Å². The molecule has 56 valence electrons. The number of nitrogen functional groups attached to an aromatic ring is 1. The number of halogens is 1. The number of hydrogen-bond acceptors (Lipinski definition) is 5. The highest BCUT2D eigenvalue weighted by atomic mass is 35.5. The van der Waals surface area contributed by atoms with Crippen LogP contribution in [0.3, 0.4) is 0 Å². The van der Waals surface area contributed by atoms with Gasteiger partial charge in [0.05, 0.1) is 0 Å². The molecule has 0 spiro atoms. The van der Waals surface area contributed by atoms with Gasteiger partial charge >= 0.3 is 0 Å². The summed E-state index contributed by atoms with van der Waals surface area (Å²) >= 11 is 5.65. The number of hydrogen-bond donors (Lipinski definition) is 2. The third-order valence-corrected chi connectivity index (χ3v) is 1.43. The highest BCUT2D eigenvalue weighted by Gasteiger charge is 2.05. The average Bonchev–Trinajstić information content (AvgIpc) is 2.34. The first-order valence-corrected chi connectivity index (χ1v) is 3.15. The minimum Gasteiger partial charge on any atom is -0.368 e. The van der Waals surface area contributed by atoms with E-state index in [1.54, 1.807) is 0 Å². The van der Waals surface area contributed by atoms with Crippen molar-refractivity contribution >= 4 is 28.7 Å². The maximum atomic E-state index is 5.65. The van der Waals surface area contributed by atoms with Crippen LogP contribution in [-0.2, 0) is 0 Å². The molecule has 11 heavy (non-hydrogen) atoms. The van der Waals surface area contributed by atoms with Crippen LogP contribution in [0.4, 0.5) is 5.95 Å². The van der Waals surface area contributed by atoms with E-state index in [2.05, 4.69) is 25.4 Å². The van der Waals surface area contributed by atoms with Crippen molar-refractivity contribution in [2.45, 2.75) is 0 Å². The van der Waals surface area contributed by atoms with E-state index in [4.69, 9.17) is 17.3 Å². The van der Waals surface area contributed by atoms with E-state index < -0.39 is 0 Å². The third-order valence-electron chi connectivity index (χ3n) is 1.16. The molecule has 0 bridgehead atoms. The predicted octanol–water partition coefficient (Wildman–Crippen LogP) is -0.0165. The maximum Gasteiger partial charge on any atom is 0.223 e. The van der Waals surface area contributed by atoms with Gasteiger partial charge in [-0.25, -0.2) is 5.10 Å². The second-order valence-electron chi connectivity index (χ2n) is 1.88. The summed E-state index contributed by atoms with van der Waals surface area (Å²) in [5.74, 6) is 0.105. The second kappa shape index (κ2) is 2.03. The van der Waals surface area contributed by atoms with Crippen LogP contribution in [0, 0.1) is 0 Å². The van der Waals surface area contributed by atoms with Gasteiger partial charge in [0.15, 0.2) is 16.3 Å². The van der Waals surface area contributed by atoms with Crippen molar-refractivity contribution in [3.63, 3.8) is 0 Å². The molecule has 0 aliphatic rings. The summed E-state index contributed by atoms with van der Waals surface area (Å²) in [7, 11) is 0. The quantitative estimate of drug-likeness (QED) is 0.542. The first-order valence-electron chi connectivity index (χ1n) is 2.77. The van der Waals surface area contributed by atoms with E-state index in [1.165, 1.54) is 0 Å². The van der Waals surface area contributed by atoms with Gasteiger partial charge in [0.2, 0.25) is 5.95 Å². The number of aromatic nitrogens is 5. The van der Waals surface area contributed by atoms with Crippen molar-refractivity contribution in [3.05, 3.63) is 5.15 Å². The van der Waals surface area contributed by atoms with Crippen molar-refractivity contribution < 1.29 is 0 Å². The van der Waals surface area contributed by atoms with Crippen molar-refractivity contribution in [3.8, 4) is 0 Å². The third kappa shape index (κ3) is 0.874. The van der Waals surface area contributed by atoms with E-state index in [1.807, 2.05) is 0 Å². The molecule has 0 aliphatic carbocycles. The molecule has 0 saturated carbocycles. The monoisotopic (exact) mass is 170 g/mol. The normalized spacial score (nSPS) is 10.6. The molecular formula is C4H3ClN6. The molecule has 2 rings (SSSR count). The topological polar surface area (TPSA) is 93.4 Å². The smallest absolute Gasteiger partial charge is 0.223 e. The molecular weight excluding hydrogens is 168 g/mol. The van der Waals surface area contributed by atoms with Gasteiger partial charge in [-0.1, -0.05) is 16.8 Å². The summed E-state index contributed by atoms with van der Waals surface area (Å²) in [5, 5.41) is 9.86. The molecule has 2 aromatic rings. The first kappa shape index (κ1) is 6.29. The Hall–Kier alpha value is -1.43. The lowest BCUT2D eigenvalue weighted by Gasteiger charge is -1.91. The summed E-state index contributed by atoms with van der Waals surface area (Å²) < 4.78 is 0. The summed E-state index contributed by atoms with van der Waals surface area (Å²) in [5.41, 5.74) is 6.18. The van der Waals surface area contributed by atoms with Crippen LogP contribution in [0.2, 0.25) is 5.15 Å². The minimum atomic E-state index is 0.105. The molecule has 0 fully saturated rings. The van der Waals surface area contributed by atoms with Crippen LogP contribution in [0.5, 0.6) is 0 Å². The van der Waals surface area contributed by atoms with Crippen molar-refractivity contribution in [1.82, 2.24) is 25.4 Å². The number of nitrogens with zero attached hydrogens (tertiary/aromatic N) is 4. The van der Waals surface area contributed by atoms with Crippen molar-refractivity contribution in [2.24, 2.45) is 0 Å². The fourth-order valence-corrected chi connectivity index (χ4v) is 0.947. The van der Waals surface area contributed by atoms with Crippen LogP contribution in [0.25, 0.3) is 11.2 Å². The van der Waals surface area contributed by atoms with Gasteiger partial charge in [-0.2, -0.15) is 9.97 Å². The standard InChI is InChI=1S/C4H3ClN6/c5-2-1-3(10-11-9-1)8-4(6)7-2/h(H3,6,7,8,9,10,11). The van der Waals surface area contributed by atoms with Gasteiger partial charge in [-0.15, -0.1) is 5.10 Å². The molecule has 0 unspecified atom stereocenters. The van der Waals surface area contributed by atoms with Crippen LogP contribution < -0.4 is 5.73 Å². The van der Waals surface area contributed by atoms with Gasteiger partial charge in [-0.05, 0) is 0 Å². The molecule has 7 heteroatoms. The lowest BCUT2D eigenvalue weighted by atomic mass is 10.6. The maximum absolute atomic E-state index is 5.65. The zero-order valence-corrected chi connectivity index (χ0v) is 6.00. The summed E-state index contributed by atoms with van der Waals surface area (Å²) in [6.07, 6.45) is 0. The SMILES string of the molecule is Nc1nc(Cl)c2nn[nH]c2n1. The number of aromatic amines is 1. The Balaban J connectivity index is 2.91. The second-order valence-corrected chi connectivity index (χ2v) is 2.24. The number of nitrogens with two attached hydrogens (primary N) is 1. The average molecular weight is 171 g/mol. The number of rotatable bonds is 0. The molecule has 0 aliphatic heterocycles. The van der Waals surface area contributed by atoms with Gasteiger partial charge in [0.1, 0.15) is 0 Å². The fourth-order valence-electron chi connectivity index (χ4n) is 0.733. The molecule has 3 N–H and O–H groups in total. The number of fused-ring (bicyclic) bond motifs is 1. The molecule has 0 saturated heterocycles. The van der Waals surface area contributed by atoms with E-state index in [0.29, 0.717) is 11.2 Å². The van der Waals surface area contributed by atoms with Crippen LogP contribution >= 0.6 is 11.6 Å². The Labute approximate surface area is 65.8 Å². The van der Waals surface area contributed by atoms with E-state index >= 15 is 0 Å². The lowest BCUT2D eigenvalue weighted by Crippen LogP contribution is -1.94. The van der Waals surface area contributed by atoms with Crippen LogP contribution in [0.1, 0.15) is 0 Å². The van der Waals surface area contributed by atoms with Crippen LogP contribution in [0.15, 0.2) is 0 Å². The zero-order chi connectivity index (χ0) is 7.84. The number of anilines is 1. The number of H-pyrrole nitrogens is 1. The first-order chi connectivity index (χ1) is 5.27. The Kier molecular flexibility index (Phi) is 1.16. The van der Waals surface area contributed by atoms with E-state index in [9.17, 15) is 0 Å². The van der Waals surface area contributed by atoms with Crippen molar-refractivity contribution in [2.75, 3.05) is 5.73 Å². The highest BCUT2D eigenvalue weighted by Crippen LogP contribution is 2.15. The molecule has 0 radical (unpaired) electrons. The lowest BCUT2D eigenvalue weighted by molar-refractivity contribution is 0.955. The van der Waals surface area contributed by atoms with Crippen LogP contribution in [-0.4, -0.2) is 25.4 Å². The fraction of sp³-hybridized carbons (Fsp3) is 0. The molecule has 2 heterocycles. The highest BCUT2D eigenvalue weighted by molar-refractivity contribution is 6.33. The summed E-state index contributed by atoms with van der Waals surface area (Å²) in [4.78, 5) is 7.48. The molecule has 0 atom stereocenters. The molecule has 6 nitrogen and oxygen atoms in total. The van der Waals surface area contributed by atoms with E-state index in [0.717, 1.165) is 0 Å². The molecule has 2 aromatic heterocycles. The summed E-state index contributed by atoms with van der Waals surface area (Å²) in [6.45, 7) is 0. The van der Waals surface area contributed by atoms with Gasteiger partial charge in [0, 0.05) is 0 Å². The molecule has 0 aromatic carbocycles. The Morgan fingerprint density at radius 1 is 1.36 bits per heavy atom. The van der Waals surface area contributed by atoms with Gasteiger partial charge < -0.3 is 5.73 Å². The summed E-state index contributed by atoms with van der Waals surface area (Å²) in [6, 6.07) is 0. The largest absolute Gasteiger partial charge is 0.368 e. The minimum absolute atomic E-state index is 0.105.